The molecule has 1 atom stereocenters. The van der Waals surface area contributed by atoms with Gasteiger partial charge in [-0.2, -0.15) is 0 Å². The van der Waals surface area contributed by atoms with Crippen LogP contribution in [0.5, 0.6) is 5.75 Å². The van der Waals surface area contributed by atoms with E-state index in [2.05, 4.69) is 30.2 Å². The highest BCUT2D eigenvalue weighted by Crippen LogP contribution is 2.33. The van der Waals surface area contributed by atoms with Crippen molar-refractivity contribution in [2.75, 3.05) is 13.2 Å². The van der Waals surface area contributed by atoms with Crippen molar-refractivity contribution in [3.8, 4) is 5.75 Å². The molecular formula is C18H30N2O. The monoisotopic (exact) mass is 290 g/mol. The third kappa shape index (κ3) is 5.31. The lowest BCUT2D eigenvalue weighted by molar-refractivity contribution is 0.314. The molecule has 1 N–H and O–H groups in total. The van der Waals surface area contributed by atoms with E-state index in [9.17, 15) is 0 Å². The summed E-state index contributed by atoms with van der Waals surface area (Å²) in [5.74, 6) is 1.78. The number of hydrogen-bond acceptors (Lipinski definition) is 3. The molecule has 1 aromatic heterocycles. The summed E-state index contributed by atoms with van der Waals surface area (Å²) in [6.07, 6.45) is 12.9. The molecule has 0 bridgehead atoms. The summed E-state index contributed by atoms with van der Waals surface area (Å²) in [4.78, 5) is 4.38. The van der Waals surface area contributed by atoms with Gasteiger partial charge in [0.1, 0.15) is 5.75 Å². The van der Waals surface area contributed by atoms with Crippen molar-refractivity contribution >= 4 is 0 Å². The molecule has 0 saturated heterocycles. The fraction of sp³-hybridized carbons (Fsp3) is 0.722. The van der Waals surface area contributed by atoms with Crippen LogP contribution in [0.25, 0.3) is 0 Å². The Hall–Kier alpha value is -1.09. The molecular weight excluding hydrogens is 260 g/mol. The predicted molar refractivity (Wildman–Crippen MR) is 87.6 cm³/mol. The third-order valence-corrected chi connectivity index (χ3v) is 4.29. The first-order valence-corrected chi connectivity index (χ1v) is 8.64. The van der Waals surface area contributed by atoms with Crippen molar-refractivity contribution in [1.82, 2.24) is 10.3 Å². The molecule has 3 heteroatoms. The van der Waals surface area contributed by atoms with E-state index in [0.29, 0.717) is 6.04 Å². The van der Waals surface area contributed by atoms with Gasteiger partial charge in [0.15, 0.2) is 0 Å². The summed E-state index contributed by atoms with van der Waals surface area (Å²) in [5, 5.41) is 3.70. The Kier molecular flexibility index (Phi) is 7.01. The fourth-order valence-corrected chi connectivity index (χ4v) is 3.16. The van der Waals surface area contributed by atoms with Crippen LogP contribution in [0, 0.1) is 5.92 Å². The summed E-state index contributed by atoms with van der Waals surface area (Å²) < 4.78 is 5.73. The molecule has 0 aromatic carbocycles. The number of pyridine rings is 1. The third-order valence-electron chi connectivity index (χ3n) is 4.29. The van der Waals surface area contributed by atoms with Gasteiger partial charge in [0.05, 0.1) is 12.8 Å². The summed E-state index contributed by atoms with van der Waals surface area (Å²) in [5.41, 5.74) is 1.28. The van der Waals surface area contributed by atoms with Crippen molar-refractivity contribution in [3.63, 3.8) is 0 Å². The lowest BCUT2D eigenvalue weighted by atomic mass is 9.94. The molecule has 0 amide bonds. The highest BCUT2D eigenvalue weighted by Gasteiger charge is 2.21. The second kappa shape index (κ2) is 9.04. The molecule has 1 heterocycles. The number of aromatic nitrogens is 1. The predicted octanol–water partition coefficient (Wildman–Crippen LogP) is 4.49. The Balaban J connectivity index is 2.03. The minimum absolute atomic E-state index is 0.422. The molecule has 1 fully saturated rings. The maximum atomic E-state index is 5.73. The van der Waals surface area contributed by atoms with Gasteiger partial charge in [-0.25, -0.2) is 0 Å². The van der Waals surface area contributed by atoms with Crippen LogP contribution in [0.4, 0.5) is 0 Å². The van der Waals surface area contributed by atoms with Crippen LogP contribution >= 0.6 is 0 Å². The SMILES string of the molecule is CCCNC(CC1CCCC1)c1cncc(OCCC)c1. The number of nitrogens with one attached hydrogen (secondary N) is 1. The van der Waals surface area contributed by atoms with E-state index in [1.165, 1.54) is 44.1 Å². The average molecular weight is 290 g/mol. The van der Waals surface area contributed by atoms with E-state index < -0.39 is 0 Å². The Labute approximate surface area is 129 Å². The van der Waals surface area contributed by atoms with Gasteiger partial charge in [-0.05, 0) is 43.4 Å². The van der Waals surface area contributed by atoms with E-state index in [4.69, 9.17) is 4.74 Å². The van der Waals surface area contributed by atoms with E-state index in [0.717, 1.165) is 31.2 Å². The van der Waals surface area contributed by atoms with Crippen molar-refractivity contribution in [3.05, 3.63) is 24.0 Å². The molecule has 0 spiro atoms. The normalized spacial score (nSPS) is 17.0. The lowest BCUT2D eigenvalue weighted by Gasteiger charge is -2.22. The van der Waals surface area contributed by atoms with Crippen molar-refractivity contribution in [1.29, 1.82) is 0 Å². The largest absolute Gasteiger partial charge is 0.492 e. The van der Waals surface area contributed by atoms with Crippen molar-refractivity contribution in [2.45, 2.75) is 64.8 Å². The van der Waals surface area contributed by atoms with Crippen molar-refractivity contribution < 1.29 is 4.74 Å². The molecule has 1 unspecified atom stereocenters. The summed E-state index contributed by atoms with van der Waals surface area (Å²) >= 11 is 0. The second-order valence-electron chi connectivity index (χ2n) is 6.20. The summed E-state index contributed by atoms with van der Waals surface area (Å²) in [6, 6.07) is 2.59. The summed E-state index contributed by atoms with van der Waals surface area (Å²) in [7, 11) is 0. The molecule has 0 aliphatic heterocycles. The minimum Gasteiger partial charge on any atom is -0.492 e. The Bertz CT molecular complexity index is 402. The zero-order chi connectivity index (χ0) is 14.9. The molecule has 1 aliphatic carbocycles. The molecule has 1 aliphatic rings. The van der Waals surface area contributed by atoms with Crippen LogP contribution in [0.2, 0.25) is 0 Å². The van der Waals surface area contributed by atoms with Gasteiger partial charge in [0.25, 0.3) is 0 Å². The van der Waals surface area contributed by atoms with Crippen LogP contribution in [0.15, 0.2) is 18.5 Å². The highest BCUT2D eigenvalue weighted by molar-refractivity contribution is 5.26. The number of hydrogen-bond donors (Lipinski definition) is 1. The quantitative estimate of drug-likeness (QED) is 0.727. The molecule has 3 nitrogen and oxygen atoms in total. The van der Waals surface area contributed by atoms with Crippen LogP contribution in [0.1, 0.15) is 70.4 Å². The van der Waals surface area contributed by atoms with E-state index in [-0.39, 0.29) is 0 Å². The minimum atomic E-state index is 0.422. The smallest absolute Gasteiger partial charge is 0.137 e. The van der Waals surface area contributed by atoms with Crippen LogP contribution in [-0.4, -0.2) is 18.1 Å². The van der Waals surface area contributed by atoms with E-state index >= 15 is 0 Å². The van der Waals surface area contributed by atoms with Crippen LogP contribution < -0.4 is 10.1 Å². The van der Waals surface area contributed by atoms with Gasteiger partial charge in [-0.15, -0.1) is 0 Å². The molecule has 118 valence electrons. The van der Waals surface area contributed by atoms with Gasteiger partial charge in [-0.3, -0.25) is 4.98 Å². The number of rotatable bonds is 9. The van der Waals surface area contributed by atoms with Gasteiger partial charge in [0, 0.05) is 12.2 Å². The molecule has 2 rings (SSSR count). The molecule has 21 heavy (non-hydrogen) atoms. The van der Waals surface area contributed by atoms with Crippen LogP contribution in [0.3, 0.4) is 0 Å². The number of ether oxygens (including phenoxy) is 1. The Morgan fingerprint density at radius 2 is 2.05 bits per heavy atom. The van der Waals surface area contributed by atoms with Crippen molar-refractivity contribution in [2.24, 2.45) is 5.92 Å². The van der Waals surface area contributed by atoms with Gasteiger partial charge < -0.3 is 10.1 Å². The van der Waals surface area contributed by atoms with E-state index in [1.54, 1.807) is 0 Å². The highest BCUT2D eigenvalue weighted by atomic mass is 16.5. The average Bonchev–Trinajstić information content (AvgIpc) is 3.02. The van der Waals surface area contributed by atoms with E-state index in [1.807, 2.05) is 12.4 Å². The van der Waals surface area contributed by atoms with Gasteiger partial charge in [0.2, 0.25) is 0 Å². The number of nitrogens with zero attached hydrogens (tertiary/aromatic N) is 1. The maximum absolute atomic E-state index is 5.73. The topological polar surface area (TPSA) is 34.2 Å². The van der Waals surface area contributed by atoms with Gasteiger partial charge in [-0.1, -0.05) is 39.5 Å². The molecule has 1 aromatic rings. The lowest BCUT2D eigenvalue weighted by Crippen LogP contribution is -2.24. The molecule has 0 radical (unpaired) electrons. The fourth-order valence-electron chi connectivity index (χ4n) is 3.16. The first-order chi connectivity index (χ1) is 10.3. The zero-order valence-electron chi connectivity index (χ0n) is 13.6. The zero-order valence-corrected chi connectivity index (χ0v) is 13.6. The first-order valence-electron chi connectivity index (χ1n) is 8.64. The second-order valence-corrected chi connectivity index (χ2v) is 6.20. The Morgan fingerprint density at radius 3 is 2.76 bits per heavy atom. The van der Waals surface area contributed by atoms with Gasteiger partial charge >= 0.3 is 0 Å². The maximum Gasteiger partial charge on any atom is 0.137 e. The Morgan fingerprint density at radius 1 is 1.24 bits per heavy atom. The van der Waals surface area contributed by atoms with Crippen LogP contribution in [-0.2, 0) is 0 Å². The first kappa shape index (κ1) is 16.3. The molecule has 1 saturated carbocycles. The summed E-state index contributed by atoms with van der Waals surface area (Å²) in [6.45, 7) is 6.18. The standard InChI is InChI=1S/C18H30N2O/c1-3-9-20-18(11-15-7-5-6-8-15)16-12-17(14-19-13-16)21-10-4-2/h12-15,18,20H,3-11H2,1-2H3.